The minimum absolute atomic E-state index is 0. The number of anilines is 1. The number of aromatic nitrogens is 3. The summed E-state index contributed by atoms with van der Waals surface area (Å²) < 4.78 is 5.41. The summed E-state index contributed by atoms with van der Waals surface area (Å²) >= 11 is 0. The molecule has 4 rings (SSSR count). The van der Waals surface area contributed by atoms with Crippen LogP contribution in [0.2, 0.25) is 0 Å². The quantitative estimate of drug-likeness (QED) is 0.753. The van der Waals surface area contributed by atoms with Gasteiger partial charge in [0.2, 0.25) is 5.82 Å². The third-order valence-corrected chi connectivity index (χ3v) is 4.55. The first kappa shape index (κ1) is 18.4. The summed E-state index contributed by atoms with van der Waals surface area (Å²) in [6.07, 6.45) is 5.58. The van der Waals surface area contributed by atoms with Gasteiger partial charge in [-0.3, -0.25) is 4.98 Å². The molecule has 136 valence electrons. The molecule has 26 heavy (non-hydrogen) atoms. The highest BCUT2D eigenvalue weighted by Crippen LogP contribution is 2.25. The number of benzene rings is 1. The maximum Gasteiger partial charge on any atom is 0.258 e. The fourth-order valence-electron chi connectivity index (χ4n) is 3.15. The van der Waals surface area contributed by atoms with Crippen LogP contribution in [0.1, 0.15) is 25.0 Å². The number of pyridine rings is 1. The molecule has 0 radical (unpaired) electrons. The van der Waals surface area contributed by atoms with E-state index in [9.17, 15) is 0 Å². The van der Waals surface area contributed by atoms with Crippen molar-refractivity contribution in [3.8, 4) is 22.8 Å². The van der Waals surface area contributed by atoms with Crippen LogP contribution in [0.25, 0.3) is 22.8 Å². The highest BCUT2D eigenvalue weighted by molar-refractivity contribution is 5.85. The van der Waals surface area contributed by atoms with Gasteiger partial charge in [-0.25, -0.2) is 0 Å². The van der Waals surface area contributed by atoms with Crippen molar-refractivity contribution in [2.45, 2.75) is 25.8 Å². The van der Waals surface area contributed by atoms with E-state index in [4.69, 9.17) is 10.3 Å². The number of rotatable bonds is 4. The Morgan fingerprint density at radius 1 is 1.00 bits per heavy atom. The van der Waals surface area contributed by atoms with E-state index >= 15 is 0 Å². The molecule has 1 aliphatic heterocycles. The van der Waals surface area contributed by atoms with E-state index in [2.05, 4.69) is 44.3 Å². The van der Waals surface area contributed by atoms with Crippen molar-refractivity contribution in [3.05, 3.63) is 48.3 Å². The van der Waals surface area contributed by atoms with Crippen LogP contribution in [-0.4, -0.2) is 28.2 Å². The molecule has 1 saturated heterocycles. The lowest BCUT2D eigenvalue weighted by Gasteiger charge is -2.28. The Kier molecular flexibility index (Phi) is 5.85. The maximum absolute atomic E-state index is 5.64. The van der Waals surface area contributed by atoms with Crippen molar-refractivity contribution in [3.63, 3.8) is 0 Å². The molecule has 1 aromatic carbocycles. The van der Waals surface area contributed by atoms with Crippen LogP contribution in [-0.2, 0) is 6.54 Å². The first-order chi connectivity index (χ1) is 12.3. The van der Waals surface area contributed by atoms with Crippen molar-refractivity contribution in [2.75, 3.05) is 18.0 Å². The van der Waals surface area contributed by atoms with E-state index < -0.39 is 0 Å². The van der Waals surface area contributed by atoms with Gasteiger partial charge in [-0.05, 0) is 55.7 Å². The van der Waals surface area contributed by atoms with Crippen molar-refractivity contribution < 1.29 is 4.52 Å². The average molecular weight is 372 g/mol. The van der Waals surface area contributed by atoms with Crippen LogP contribution < -0.4 is 10.6 Å². The second-order valence-corrected chi connectivity index (χ2v) is 6.26. The van der Waals surface area contributed by atoms with Crippen LogP contribution in [0.3, 0.4) is 0 Å². The fraction of sp³-hybridized carbons (Fsp3) is 0.316. The molecule has 0 amide bonds. The SMILES string of the molecule is Cl.NCc1cc(-c2nc(-c3ccc(N4CCCCC4)cc3)no2)ccn1. The van der Waals surface area contributed by atoms with Crippen LogP contribution in [0.5, 0.6) is 0 Å². The Labute approximate surface area is 158 Å². The normalized spacial score (nSPS) is 14.1. The van der Waals surface area contributed by atoms with Gasteiger partial charge in [0.15, 0.2) is 0 Å². The molecule has 0 spiro atoms. The van der Waals surface area contributed by atoms with E-state index in [-0.39, 0.29) is 12.4 Å². The number of nitrogens with two attached hydrogens (primary N) is 1. The lowest BCUT2D eigenvalue weighted by atomic mass is 10.1. The number of hydrogen-bond acceptors (Lipinski definition) is 6. The summed E-state index contributed by atoms with van der Waals surface area (Å²) in [4.78, 5) is 11.1. The van der Waals surface area contributed by atoms with E-state index in [1.807, 2.05) is 12.1 Å². The van der Waals surface area contributed by atoms with Gasteiger partial charge in [-0.1, -0.05) is 5.16 Å². The predicted octanol–water partition coefficient (Wildman–Crippen LogP) is 3.67. The Hall–Kier alpha value is -2.44. The van der Waals surface area contributed by atoms with Crippen molar-refractivity contribution in [1.82, 2.24) is 15.1 Å². The molecular formula is C19H22ClN5O. The molecule has 1 fully saturated rings. The largest absolute Gasteiger partial charge is 0.372 e. The highest BCUT2D eigenvalue weighted by Gasteiger charge is 2.13. The average Bonchev–Trinajstić information content (AvgIpc) is 3.19. The van der Waals surface area contributed by atoms with Crippen LogP contribution in [0.15, 0.2) is 47.1 Å². The number of nitrogens with zero attached hydrogens (tertiary/aromatic N) is 4. The lowest BCUT2D eigenvalue weighted by molar-refractivity contribution is 0.432. The molecule has 3 heterocycles. The zero-order chi connectivity index (χ0) is 17.1. The molecule has 6 nitrogen and oxygen atoms in total. The molecule has 3 aromatic rings. The van der Waals surface area contributed by atoms with Crippen molar-refractivity contribution in [1.29, 1.82) is 0 Å². The molecule has 0 bridgehead atoms. The molecule has 1 aliphatic rings. The Bertz CT molecular complexity index is 843. The lowest BCUT2D eigenvalue weighted by Crippen LogP contribution is -2.29. The maximum atomic E-state index is 5.64. The van der Waals surface area contributed by atoms with E-state index in [1.54, 1.807) is 6.20 Å². The molecule has 0 aliphatic carbocycles. The number of hydrogen-bond donors (Lipinski definition) is 1. The summed E-state index contributed by atoms with van der Waals surface area (Å²) in [6, 6.07) is 12.1. The van der Waals surface area contributed by atoms with Gasteiger partial charge in [0, 0.05) is 42.6 Å². The third-order valence-electron chi connectivity index (χ3n) is 4.55. The molecule has 0 saturated carbocycles. The zero-order valence-electron chi connectivity index (χ0n) is 14.5. The van der Waals surface area contributed by atoms with Gasteiger partial charge < -0.3 is 15.2 Å². The second-order valence-electron chi connectivity index (χ2n) is 6.26. The second kappa shape index (κ2) is 8.29. The van der Waals surface area contributed by atoms with Crippen molar-refractivity contribution >= 4 is 18.1 Å². The summed E-state index contributed by atoms with van der Waals surface area (Å²) in [5, 5.41) is 4.11. The summed E-state index contributed by atoms with van der Waals surface area (Å²) in [5.74, 6) is 1.07. The first-order valence-corrected chi connectivity index (χ1v) is 8.68. The van der Waals surface area contributed by atoms with Crippen LogP contribution >= 0.6 is 12.4 Å². The van der Waals surface area contributed by atoms with Crippen molar-refractivity contribution in [2.24, 2.45) is 5.73 Å². The van der Waals surface area contributed by atoms with Crippen LogP contribution in [0.4, 0.5) is 5.69 Å². The number of halogens is 1. The topological polar surface area (TPSA) is 81.1 Å². The fourth-order valence-corrected chi connectivity index (χ4v) is 3.15. The van der Waals surface area contributed by atoms with E-state index in [0.717, 1.165) is 29.9 Å². The Morgan fingerprint density at radius 2 is 1.77 bits per heavy atom. The Balaban J connectivity index is 0.00000196. The van der Waals surface area contributed by atoms with E-state index in [0.29, 0.717) is 18.3 Å². The standard InChI is InChI=1S/C19H21N5O.ClH/c20-13-16-12-15(8-9-21-16)19-22-18(23-25-19)14-4-6-17(7-5-14)24-10-2-1-3-11-24;/h4-9,12H,1-3,10-11,13,20H2;1H. The zero-order valence-corrected chi connectivity index (χ0v) is 15.3. The van der Waals surface area contributed by atoms with Gasteiger partial charge in [-0.15, -0.1) is 12.4 Å². The van der Waals surface area contributed by atoms with Gasteiger partial charge in [-0.2, -0.15) is 4.98 Å². The van der Waals surface area contributed by atoms with Crippen LogP contribution in [0, 0.1) is 0 Å². The van der Waals surface area contributed by atoms with Gasteiger partial charge in [0.05, 0.1) is 5.69 Å². The molecule has 0 atom stereocenters. The smallest absolute Gasteiger partial charge is 0.258 e. The number of piperidine rings is 1. The monoisotopic (exact) mass is 371 g/mol. The first-order valence-electron chi connectivity index (χ1n) is 8.68. The molecule has 2 aromatic heterocycles. The molecule has 7 heteroatoms. The van der Waals surface area contributed by atoms with Gasteiger partial charge in [0.25, 0.3) is 5.89 Å². The summed E-state index contributed by atoms with van der Waals surface area (Å²) in [7, 11) is 0. The predicted molar refractivity (Wildman–Crippen MR) is 104 cm³/mol. The highest BCUT2D eigenvalue weighted by atomic mass is 35.5. The third kappa shape index (κ3) is 3.86. The minimum Gasteiger partial charge on any atom is -0.372 e. The Morgan fingerprint density at radius 3 is 2.50 bits per heavy atom. The van der Waals surface area contributed by atoms with Gasteiger partial charge in [0.1, 0.15) is 0 Å². The summed E-state index contributed by atoms with van der Waals surface area (Å²) in [6.45, 7) is 2.65. The molecular weight excluding hydrogens is 350 g/mol. The van der Waals surface area contributed by atoms with Gasteiger partial charge >= 0.3 is 0 Å². The molecule has 2 N–H and O–H groups in total. The summed E-state index contributed by atoms with van der Waals surface area (Å²) in [5.41, 5.74) is 9.47. The molecule has 0 unspecified atom stereocenters. The van der Waals surface area contributed by atoms with E-state index in [1.165, 1.54) is 24.9 Å². The minimum atomic E-state index is 0.